The third kappa shape index (κ3) is 1.88. The topological polar surface area (TPSA) is 39.1 Å². The van der Waals surface area contributed by atoms with Crippen LogP contribution in [0.1, 0.15) is 5.56 Å². The van der Waals surface area contributed by atoms with Gasteiger partial charge in [0.1, 0.15) is 0 Å². The maximum Gasteiger partial charge on any atom is 0.517 e. The highest BCUT2D eigenvalue weighted by atomic mass is 35.5. The summed E-state index contributed by atoms with van der Waals surface area (Å²) in [6.45, 7) is 0. The largest absolute Gasteiger partial charge is 0.517 e. The Morgan fingerprint density at radius 3 is 2.36 bits per heavy atom. The zero-order valence-corrected chi connectivity index (χ0v) is 8.20. The molecule has 0 unspecified atom stereocenters. The number of nitrogens with zero attached hydrogens (tertiary/aromatic N) is 1. The van der Waals surface area contributed by atoms with Crippen LogP contribution in [0, 0.1) is 0 Å². The molecule has 0 aliphatic carbocycles. The summed E-state index contributed by atoms with van der Waals surface area (Å²) in [5.41, 5.74) is -4.99. The quantitative estimate of drug-likeness (QED) is 0.749. The van der Waals surface area contributed by atoms with Gasteiger partial charge in [0.25, 0.3) is 0 Å². The molecular formula is C6H5ClF3NO2S. The highest BCUT2D eigenvalue weighted by Gasteiger charge is 2.47. The molecule has 0 radical (unpaired) electrons. The van der Waals surface area contributed by atoms with E-state index < -0.39 is 15.5 Å². The lowest BCUT2D eigenvalue weighted by Gasteiger charge is -2.07. The van der Waals surface area contributed by atoms with Crippen molar-refractivity contribution in [3.05, 3.63) is 24.0 Å². The summed E-state index contributed by atoms with van der Waals surface area (Å²) in [6, 6.07) is 1.20. The van der Waals surface area contributed by atoms with Gasteiger partial charge in [0.2, 0.25) is 0 Å². The average Bonchev–Trinajstić information content (AvgIpc) is 2.49. The van der Waals surface area contributed by atoms with Crippen LogP contribution in [0.25, 0.3) is 0 Å². The van der Waals surface area contributed by atoms with Gasteiger partial charge in [-0.1, -0.05) is 0 Å². The summed E-state index contributed by atoms with van der Waals surface area (Å²) >= 11 is 5.32. The fourth-order valence-electron chi connectivity index (χ4n) is 0.767. The number of hydrogen-bond acceptors (Lipinski definition) is 2. The van der Waals surface area contributed by atoms with E-state index in [9.17, 15) is 21.6 Å². The Labute approximate surface area is 83.1 Å². The first kappa shape index (κ1) is 11.4. The van der Waals surface area contributed by atoms with E-state index in [0.717, 1.165) is 12.4 Å². The Bertz CT molecular complexity index is 423. The van der Waals surface area contributed by atoms with E-state index in [2.05, 4.69) is 0 Å². The first-order valence-electron chi connectivity index (χ1n) is 3.33. The SMILES string of the molecule is O=S(=O)(n1ccc(CCl)c1)C(F)(F)F. The monoisotopic (exact) mass is 247 g/mol. The van der Waals surface area contributed by atoms with Crippen molar-refractivity contribution in [2.75, 3.05) is 0 Å². The standard InChI is InChI=1S/C6H5ClF3NO2S/c7-3-5-1-2-11(4-5)14(12,13)6(8,9)10/h1-2,4H,3H2. The van der Waals surface area contributed by atoms with Crippen molar-refractivity contribution in [2.24, 2.45) is 0 Å². The highest BCUT2D eigenvalue weighted by molar-refractivity contribution is 7.90. The number of halogens is 4. The predicted molar refractivity (Wildman–Crippen MR) is 44.4 cm³/mol. The molecule has 0 atom stereocenters. The molecule has 1 rings (SSSR count). The zero-order valence-electron chi connectivity index (χ0n) is 6.62. The summed E-state index contributed by atoms with van der Waals surface area (Å²) in [4.78, 5) is 0. The van der Waals surface area contributed by atoms with Crippen molar-refractivity contribution < 1.29 is 21.6 Å². The van der Waals surface area contributed by atoms with Crippen LogP contribution in [-0.4, -0.2) is 17.9 Å². The van der Waals surface area contributed by atoms with Gasteiger partial charge in [-0.15, -0.1) is 11.6 Å². The minimum absolute atomic E-state index is 0.0413. The van der Waals surface area contributed by atoms with Crippen LogP contribution >= 0.6 is 11.6 Å². The van der Waals surface area contributed by atoms with Crippen LogP contribution in [0.2, 0.25) is 0 Å². The second-order valence-electron chi connectivity index (χ2n) is 2.43. The maximum atomic E-state index is 12.0. The predicted octanol–water partition coefficient (Wildman–Crippen LogP) is 1.92. The smallest absolute Gasteiger partial charge is 0.245 e. The molecule has 1 heterocycles. The van der Waals surface area contributed by atoms with E-state index in [1.165, 1.54) is 6.07 Å². The third-order valence-electron chi connectivity index (χ3n) is 1.45. The second-order valence-corrected chi connectivity index (χ2v) is 4.54. The first-order chi connectivity index (χ1) is 6.29. The first-order valence-corrected chi connectivity index (χ1v) is 5.31. The molecule has 1 aromatic heterocycles. The molecule has 0 aromatic carbocycles. The third-order valence-corrected chi connectivity index (χ3v) is 3.13. The molecule has 8 heteroatoms. The second kappa shape index (κ2) is 3.47. The minimum Gasteiger partial charge on any atom is -0.245 e. The summed E-state index contributed by atoms with van der Waals surface area (Å²) in [6.07, 6.45) is 1.64. The van der Waals surface area contributed by atoms with Crippen molar-refractivity contribution in [3.8, 4) is 0 Å². The van der Waals surface area contributed by atoms with E-state index in [-0.39, 0.29) is 9.85 Å². The Morgan fingerprint density at radius 1 is 1.43 bits per heavy atom. The van der Waals surface area contributed by atoms with Crippen LogP contribution < -0.4 is 0 Å². The van der Waals surface area contributed by atoms with E-state index in [1.807, 2.05) is 0 Å². The van der Waals surface area contributed by atoms with Crippen LogP contribution in [0.15, 0.2) is 18.5 Å². The van der Waals surface area contributed by atoms with Crippen LogP contribution in [0.4, 0.5) is 13.2 Å². The molecule has 80 valence electrons. The molecule has 0 aliphatic heterocycles. The van der Waals surface area contributed by atoms with Gasteiger partial charge in [-0.2, -0.15) is 21.6 Å². The Kier molecular flexibility index (Phi) is 2.82. The normalized spacial score (nSPS) is 13.1. The molecular weight excluding hydrogens is 243 g/mol. The lowest BCUT2D eigenvalue weighted by atomic mass is 10.4. The maximum absolute atomic E-state index is 12.0. The van der Waals surface area contributed by atoms with E-state index in [1.54, 1.807) is 0 Å². The average molecular weight is 248 g/mol. The van der Waals surface area contributed by atoms with E-state index >= 15 is 0 Å². The van der Waals surface area contributed by atoms with Crippen molar-refractivity contribution in [2.45, 2.75) is 11.4 Å². The van der Waals surface area contributed by atoms with Crippen molar-refractivity contribution in [1.29, 1.82) is 0 Å². The number of alkyl halides is 4. The molecule has 1 aromatic rings. The van der Waals surface area contributed by atoms with Gasteiger partial charge in [0, 0.05) is 18.3 Å². The zero-order chi connectivity index (χ0) is 11.0. The number of rotatable bonds is 2. The molecule has 0 saturated carbocycles. The Balaban J connectivity index is 3.18. The molecule has 0 spiro atoms. The van der Waals surface area contributed by atoms with Crippen LogP contribution in [0.5, 0.6) is 0 Å². The summed E-state index contributed by atoms with van der Waals surface area (Å²) in [5.74, 6) is -0.0413. The molecule has 14 heavy (non-hydrogen) atoms. The summed E-state index contributed by atoms with van der Waals surface area (Å²) < 4.78 is 57.6. The van der Waals surface area contributed by atoms with E-state index in [4.69, 9.17) is 11.6 Å². The van der Waals surface area contributed by atoms with Gasteiger partial charge >= 0.3 is 15.5 Å². The van der Waals surface area contributed by atoms with Gasteiger partial charge in [-0.3, -0.25) is 0 Å². The van der Waals surface area contributed by atoms with Gasteiger partial charge < -0.3 is 0 Å². The lowest BCUT2D eigenvalue weighted by molar-refractivity contribution is -0.0446. The van der Waals surface area contributed by atoms with Crippen molar-refractivity contribution >= 4 is 21.6 Å². The van der Waals surface area contributed by atoms with Gasteiger partial charge in [-0.05, 0) is 11.6 Å². The van der Waals surface area contributed by atoms with Crippen LogP contribution in [0.3, 0.4) is 0 Å². The highest BCUT2D eigenvalue weighted by Crippen LogP contribution is 2.25. The molecule has 0 fully saturated rings. The Morgan fingerprint density at radius 2 is 2.00 bits per heavy atom. The lowest BCUT2D eigenvalue weighted by Crippen LogP contribution is -2.28. The number of aromatic nitrogens is 1. The molecule has 0 amide bonds. The summed E-state index contributed by atoms with van der Waals surface area (Å²) in [7, 11) is -5.31. The molecule has 3 nitrogen and oxygen atoms in total. The molecule has 0 N–H and O–H groups in total. The molecule has 0 saturated heterocycles. The fraction of sp³-hybridized carbons (Fsp3) is 0.333. The Hall–Kier alpha value is -0.690. The van der Waals surface area contributed by atoms with Gasteiger partial charge in [0.05, 0.1) is 0 Å². The van der Waals surface area contributed by atoms with Gasteiger partial charge in [0.15, 0.2) is 0 Å². The summed E-state index contributed by atoms with van der Waals surface area (Å²) in [5, 5.41) is 0. The number of hydrogen-bond donors (Lipinski definition) is 0. The minimum atomic E-state index is -5.31. The molecule has 0 aliphatic rings. The van der Waals surface area contributed by atoms with Gasteiger partial charge in [-0.25, -0.2) is 3.97 Å². The van der Waals surface area contributed by atoms with Crippen molar-refractivity contribution in [3.63, 3.8) is 0 Å². The van der Waals surface area contributed by atoms with E-state index in [0.29, 0.717) is 5.56 Å². The fourth-order valence-corrected chi connectivity index (χ4v) is 1.66. The molecule has 0 bridgehead atoms. The van der Waals surface area contributed by atoms with Crippen LogP contribution in [-0.2, 0) is 15.9 Å². The van der Waals surface area contributed by atoms with Crippen molar-refractivity contribution in [1.82, 2.24) is 3.97 Å².